The molecule has 508 valence electrons. The molecule has 0 radical (unpaired) electrons. The Balaban J connectivity index is 0.000000119. The molecule has 0 bridgehead atoms. The minimum Gasteiger partial charge on any atom is -0.456 e. The molecule has 0 aliphatic heterocycles. The van der Waals surface area contributed by atoms with Crippen LogP contribution in [-0.4, -0.2) is 17.2 Å². The van der Waals surface area contributed by atoms with E-state index in [1.807, 2.05) is 60.7 Å². The van der Waals surface area contributed by atoms with Gasteiger partial charge in [0.2, 0.25) is 0 Å². The Morgan fingerprint density at radius 2 is 0.458 bits per heavy atom. The van der Waals surface area contributed by atoms with Gasteiger partial charge in [0.05, 0.1) is 4.47 Å². The van der Waals surface area contributed by atoms with Gasteiger partial charge in [0.25, 0.3) is 0 Å². The van der Waals surface area contributed by atoms with Crippen molar-refractivity contribution in [3.8, 4) is 77.9 Å². The molecule has 22 aromatic rings. The molecule has 22 rings (SSSR count). The molecule has 2 N–H and O–H groups in total. The van der Waals surface area contributed by atoms with Crippen LogP contribution in [0, 0.1) is 0 Å². The normalized spacial score (nSPS) is 11.6. The summed E-state index contributed by atoms with van der Waals surface area (Å²) in [7, 11) is -1.48. The fourth-order valence-electron chi connectivity index (χ4n) is 15.3. The smallest absolute Gasteiger partial charge is 0.456 e. The van der Waals surface area contributed by atoms with E-state index in [9.17, 15) is 10.0 Å². The maximum atomic E-state index is 9.35. The number of halogens is 1. The molecule has 6 aromatic heterocycles. The summed E-state index contributed by atoms with van der Waals surface area (Å²) in [4.78, 5) is 0. The van der Waals surface area contributed by atoms with Gasteiger partial charge in [-0.15, -0.1) is 0 Å². The van der Waals surface area contributed by atoms with Crippen molar-refractivity contribution < 1.29 is 36.6 Å². The molecular formula is C97H62BBrO8. The number of benzene rings is 16. The highest BCUT2D eigenvalue weighted by atomic mass is 79.9. The fourth-order valence-corrected chi connectivity index (χ4v) is 16.0. The zero-order valence-corrected chi connectivity index (χ0v) is 58.2. The third-order valence-electron chi connectivity index (χ3n) is 20.5. The number of fused-ring (bicyclic) bond motifs is 18. The molecule has 10 heteroatoms. The van der Waals surface area contributed by atoms with Crippen molar-refractivity contribution in [2.75, 3.05) is 0 Å². The molecule has 0 saturated carbocycles. The molecule has 0 aliphatic rings. The van der Waals surface area contributed by atoms with Gasteiger partial charge >= 0.3 is 7.12 Å². The summed E-state index contributed by atoms with van der Waals surface area (Å²) in [6, 6.07) is 117. The summed E-state index contributed by atoms with van der Waals surface area (Å²) in [6.45, 7) is 0. The van der Waals surface area contributed by atoms with E-state index in [-0.39, 0.29) is 7.43 Å². The van der Waals surface area contributed by atoms with Crippen LogP contribution in [0.4, 0.5) is 0 Å². The van der Waals surface area contributed by atoms with Crippen molar-refractivity contribution >= 4 is 160 Å². The summed E-state index contributed by atoms with van der Waals surface area (Å²) in [5, 5.41) is 31.1. The quantitative estimate of drug-likeness (QED) is 0.144. The zero-order chi connectivity index (χ0) is 70.5. The first-order valence-corrected chi connectivity index (χ1v) is 36.0. The minimum absolute atomic E-state index is 0. The van der Waals surface area contributed by atoms with Crippen LogP contribution < -0.4 is 5.46 Å². The van der Waals surface area contributed by atoms with E-state index in [0.29, 0.717) is 5.46 Å². The Kier molecular flexibility index (Phi) is 16.0. The molecule has 0 saturated heterocycles. The number of furan rings is 6. The predicted molar refractivity (Wildman–Crippen MR) is 445 cm³/mol. The van der Waals surface area contributed by atoms with Crippen molar-refractivity contribution in [2.45, 2.75) is 7.43 Å². The molecule has 0 unspecified atom stereocenters. The highest BCUT2D eigenvalue weighted by molar-refractivity contribution is 9.10. The van der Waals surface area contributed by atoms with Gasteiger partial charge in [-0.05, 0) is 197 Å². The Labute approximate surface area is 622 Å². The molecule has 0 aliphatic carbocycles. The van der Waals surface area contributed by atoms with Crippen molar-refractivity contribution in [1.29, 1.82) is 0 Å². The zero-order valence-electron chi connectivity index (χ0n) is 56.6. The van der Waals surface area contributed by atoms with Gasteiger partial charge in [0.1, 0.15) is 61.4 Å². The van der Waals surface area contributed by atoms with E-state index in [0.717, 1.165) is 186 Å². The lowest BCUT2D eigenvalue weighted by Crippen LogP contribution is -2.29. The van der Waals surface area contributed by atoms with Gasteiger partial charge in [-0.2, -0.15) is 0 Å². The van der Waals surface area contributed by atoms with Crippen LogP contribution >= 0.6 is 15.9 Å². The van der Waals surface area contributed by atoms with Crippen LogP contribution in [-0.2, 0) is 0 Å². The minimum atomic E-state index is -1.48. The topological polar surface area (TPSA) is 119 Å². The Morgan fingerprint density at radius 3 is 0.822 bits per heavy atom. The third-order valence-corrected chi connectivity index (χ3v) is 21.3. The third kappa shape index (κ3) is 11.4. The molecule has 0 spiro atoms. The van der Waals surface area contributed by atoms with Crippen molar-refractivity contribution in [1.82, 2.24) is 0 Å². The molecule has 0 fully saturated rings. The Morgan fingerprint density at radius 1 is 0.206 bits per heavy atom. The molecular weight excluding hydrogens is 1380 g/mol. The molecule has 6 heterocycles. The second-order valence-electron chi connectivity index (χ2n) is 26.9. The van der Waals surface area contributed by atoms with E-state index < -0.39 is 7.12 Å². The van der Waals surface area contributed by atoms with Gasteiger partial charge in [-0.3, -0.25) is 0 Å². The maximum absolute atomic E-state index is 9.35. The number of rotatable bonds is 8. The second kappa shape index (κ2) is 26.5. The molecule has 16 aromatic carbocycles. The van der Waals surface area contributed by atoms with Gasteiger partial charge in [-0.1, -0.05) is 244 Å². The summed E-state index contributed by atoms with van der Waals surface area (Å²) < 4.78 is 39.3. The average molecular weight is 1450 g/mol. The van der Waals surface area contributed by atoms with Crippen molar-refractivity contribution in [3.05, 3.63) is 344 Å². The first kappa shape index (κ1) is 64.6. The standard InChI is InChI=1S/C48H28O3.C30H17BrO2.C18H13BO3.CH4/c1-4-10-29(11-5-1)32-16-20-41-36(24-32)37-27-35(19-23-42(37)49-41)46-47-40-26-34(31-14-8-3-9-15-31)18-22-44(40)50-45(47)28-39-38-25-33(30-12-6-2-7-13-30)17-21-43(38)51-48(39)46;31-29-28-24-16-21(19-9-5-2-6-10-19)12-14-26(24)32-27(28)17-23-22-15-20(18-7-3-1-4-8-18)11-13-25(22)33-30(23)29;20-19(21)14-7-9-18-16(11-14)15-10-13(6-8-17(15)22-18)12-4-2-1-3-5-12;/h1-28H;1-17H;1-11,20-21H;1H4. The Hall–Kier alpha value is -13.2. The van der Waals surface area contributed by atoms with Crippen LogP contribution in [0.25, 0.3) is 210 Å². The van der Waals surface area contributed by atoms with Crippen LogP contribution in [0.15, 0.2) is 371 Å². The van der Waals surface area contributed by atoms with Crippen molar-refractivity contribution in [2.24, 2.45) is 0 Å². The van der Waals surface area contributed by atoms with E-state index in [1.54, 1.807) is 18.2 Å². The van der Waals surface area contributed by atoms with Crippen LogP contribution in [0.5, 0.6) is 0 Å². The molecule has 0 amide bonds. The van der Waals surface area contributed by atoms with Gasteiger partial charge < -0.3 is 36.6 Å². The van der Waals surface area contributed by atoms with E-state index in [1.165, 1.54) is 27.8 Å². The lowest BCUT2D eigenvalue weighted by Gasteiger charge is -2.07. The van der Waals surface area contributed by atoms with E-state index in [4.69, 9.17) is 26.5 Å². The summed E-state index contributed by atoms with van der Waals surface area (Å²) in [5.41, 5.74) is 26.4. The highest BCUT2D eigenvalue weighted by Crippen LogP contribution is 2.49. The maximum Gasteiger partial charge on any atom is 0.488 e. The summed E-state index contributed by atoms with van der Waals surface area (Å²) in [5.74, 6) is 0. The SMILES string of the molecule is Brc1c2oc3ccc(-c4ccccc4)cc3c2cc2oc3ccc(-c4ccccc4)cc3c12.C.OB(O)c1ccc2oc3ccc(-c4ccccc4)cc3c2c1.c1ccc(-c2ccc3oc4ccc(-c5c6oc7ccc(-c8ccccc8)cc7c6cc6oc7ccc(-c8ccccc8)cc7c56)cc4c3c2)cc1. The largest absolute Gasteiger partial charge is 0.488 e. The van der Waals surface area contributed by atoms with Gasteiger partial charge in [-0.25, -0.2) is 0 Å². The van der Waals surface area contributed by atoms with Gasteiger partial charge in [0, 0.05) is 70.2 Å². The van der Waals surface area contributed by atoms with E-state index in [2.05, 4.69) is 277 Å². The fraction of sp³-hybridized carbons (Fsp3) is 0.0103. The predicted octanol–water partition coefficient (Wildman–Crippen LogP) is 27.2. The van der Waals surface area contributed by atoms with Crippen molar-refractivity contribution in [3.63, 3.8) is 0 Å². The molecule has 0 atom stereocenters. The Bertz CT molecular complexity index is 7140. The first-order chi connectivity index (χ1) is 52.2. The lowest BCUT2D eigenvalue weighted by molar-refractivity contribution is 0.426. The monoisotopic (exact) mass is 1440 g/mol. The summed E-state index contributed by atoms with van der Waals surface area (Å²) in [6.07, 6.45) is 0. The first-order valence-electron chi connectivity index (χ1n) is 35.2. The van der Waals surface area contributed by atoms with Crippen LogP contribution in [0.3, 0.4) is 0 Å². The van der Waals surface area contributed by atoms with Crippen LogP contribution in [0.2, 0.25) is 0 Å². The number of hydrogen-bond donors (Lipinski definition) is 2. The lowest BCUT2D eigenvalue weighted by atomic mass is 9.80. The van der Waals surface area contributed by atoms with Gasteiger partial charge in [0.15, 0.2) is 5.58 Å². The number of hydrogen-bond acceptors (Lipinski definition) is 8. The highest BCUT2D eigenvalue weighted by Gasteiger charge is 2.25. The molecule has 107 heavy (non-hydrogen) atoms. The second-order valence-corrected chi connectivity index (χ2v) is 27.6. The van der Waals surface area contributed by atoms with E-state index >= 15 is 0 Å². The summed E-state index contributed by atoms with van der Waals surface area (Å²) >= 11 is 3.85. The molecule has 8 nitrogen and oxygen atoms in total. The average Bonchev–Trinajstić information content (AvgIpc) is 1.57. The van der Waals surface area contributed by atoms with Crippen LogP contribution in [0.1, 0.15) is 7.43 Å².